The molecule has 1 aromatic heterocycles. The molecule has 34 heavy (non-hydrogen) atoms. The fraction of sp³-hybridized carbons (Fsp3) is 0.333. The second kappa shape index (κ2) is 12.0. The first-order valence-electron chi connectivity index (χ1n) is 11.0. The number of rotatable bonds is 7. The Morgan fingerprint density at radius 1 is 1.26 bits per heavy atom. The summed E-state index contributed by atoms with van der Waals surface area (Å²) in [5, 5.41) is 18.5. The highest BCUT2D eigenvalue weighted by molar-refractivity contribution is 6.30. The third-order valence-corrected chi connectivity index (χ3v) is 5.12. The van der Waals surface area contributed by atoms with Crippen molar-refractivity contribution in [2.75, 3.05) is 0 Å². The second-order valence-corrected chi connectivity index (χ2v) is 8.52. The average molecular weight is 486 g/mol. The highest BCUT2D eigenvalue weighted by atomic mass is 35.5. The fourth-order valence-electron chi connectivity index (χ4n) is 3.25. The molecule has 9 nitrogen and oxygen atoms in total. The Morgan fingerprint density at radius 2 is 2.03 bits per heavy atom. The Hall–Kier alpha value is -3.59. The van der Waals surface area contributed by atoms with Gasteiger partial charge in [-0.2, -0.15) is 0 Å². The topological polar surface area (TPSA) is 125 Å². The van der Waals surface area contributed by atoms with Gasteiger partial charge in [-0.15, -0.1) is 0 Å². The van der Waals surface area contributed by atoms with Crippen LogP contribution in [0.15, 0.2) is 59.4 Å². The predicted molar refractivity (Wildman–Crippen MR) is 130 cm³/mol. The number of nitrogens with one attached hydrogen (secondary N) is 3. The standard InChI is InChI=1S/C24H28ClN5O4/c1-15(2)28-24(33)30-23(27-14-16-3-5-17(25)6-4-16)29-18-7-9-19(10-8-18)34-20-11-12-26-21(13-20)22(31)32/h3-7,11-13,15,19H,8-10,14H2,1-2H3,(H,31,32)(H3,27,28,29,30,33). The van der Waals surface area contributed by atoms with E-state index in [1.165, 1.54) is 12.3 Å². The summed E-state index contributed by atoms with van der Waals surface area (Å²) in [5.74, 6) is -0.285. The van der Waals surface area contributed by atoms with Crippen LogP contribution in [0.3, 0.4) is 0 Å². The van der Waals surface area contributed by atoms with Crippen LogP contribution in [0.4, 0.5) is 4.79 Å². The van der Waals surface area contributed by atoms with Gasteiger partial charge in [0.05, 0.1) is 0 Å². The van der Waals surface area contributed by atoms with Crippen LogP contribution in [0.25, 0.3) is 0 Å². The molecule has 0 saturated heterocycles. The van der Waals surface area contributed by atoms with Crippen molar-refractivity contribution in [3.63, 3.8) is 0 Å². The summed E-state index contributed by atoms with van der Waals surface area (Å²) >= 11 is 5.95. The number of ether oxygens (including phenoxy) is 1. The van der Waals surface area contributed by atoms with E-state index in [0.29, 0.717) is 42.5 Å². The molecule has 0 saturated carbocycles. The number of urea groups is 1. The zero-order valence-corrected chi connectivity index (χ0v) is 19.8. The van der Waals surface area contributed by atoms with Crippen LogP contribution in [-0.2, 0) is 6.54 Å². The maximum absolute atomic E-state index is 12.2. The van der Waals surface area contributed by atoms with E-state index in [9.17, 15) is 9.59 Å². The smallest absolute Gasteiger partial charge is 0.354 e. The van der Waals surface area contributed by atoms with E-state index in [-0.39, 0.29) is 23.9 Å². The average Bonchev–Trinajstić information content (AvgIpc) is 2.79. The van der Waals surface area contributed by atoms with Crippen LogP contribution in [0, 0.1) is 0 Å². The summed E-state index contributed by atoms with van der Waals surface area (Å²) < 4.78 is 5.92. The number of guanidine groups is 1. The first-order valence-corrected chi connectivity index (χ1v) is 11.4. The van der Waals surface area contributed by atoms with E-state index in [2.05, 4.69) is 25.9 Å². The molecular formula is C24H28ClN5O4. The number of aliphatic imine (C=N–C) groups is 1. The predicted octanol–water partition coefficient (Wildman–Crippen LogP) is 4.10. The number of pyridine rings is 1. The lowest BCUT2D eigenvalue weighted by Gasteiger charge is -2.22. The molecule has 1 aliphatic rings. The van der Waals surface area contributed by atoms with Crippen LogP contribution in [-0.4, -0.2) is 40.2 Å². The van der Waals surface area contributed by atoms with E-state index >= 15 is 0 Å². The summed E-state index contributed by atoms with van der Waals surface area (Å²) in [6, 6.07) is 10.1. The van der Waals surface area contributed by atoms with Gasteiger partial charge in [0.15, 0.2) is 5.69 Å². The van der Waals surface area contributed by atoms with Crippen molar-refractivity contribution in [2.24, 2.45) is 4.99 Å². The lowest BCUT2D eigenvalue weighted by atomic mass is 10.0. The van der Waals surface area contributed by atoms with Gasteiger partial charge in [0.25, 0.3) is 0 Å². The quantitative estimate of drug-likeness (QED) is 0.345. The number of aromatic carboxylic acids is 1. The monoisotopic (exact) mass is 485 g/mol. The van der Waals surface area contributed by atoms with Crippen molar-refractivity contribution in [3.8, 4) is 5.75 Å². The van der Waals surface area contributed by atoms with E-state index < -0.39 is 5.97 Å². The largest absolute Gasteiger partial charge is 0.490 e. The van der Waals surface area contributed by atoms with E-state index in [1.807, 2.05) is 32.1 Å². The SMILES string of the molecule is CC(C)NC(=O)N/C(=N\C1=CCC(Oc2ccnc(C(=O)O)c2)CC1)NCc1ccc(Cl)cc1. The molecule has 1 heterocycles. The fourth-order valence-corrected chi connectivity index (χ4v) is 3.37. The van der Waals surface area contributed by atoms with E-state index in [1.54, 1.807) is 18.2 Å². The molecule has 0 bridgehead atoms. The Bertz CT molecular complexity index is 1070. The van der Waals surface area contributed by atoms with Gasteiger partial charge >= 0.3 is 12.0 Å². The maximum atomic E-state index is 12.2. The zero-order valence-electron chi connectivity index (χ0n) is 19.0. The van der Waals surface area contributed by atoms with Crippen LogP contribution in [0.2, 0.25) is 5.02 Å². The number of carboxylic acids is 1. The van der Waals surface area contributed by atoms with Crippen LogP contribution < -0.4 is 20.7 Å². The molecule has 0 fully saturated rings. The number of nitrogens with zero attached hydrogens (tertiary/aromatic N) is 2. The minimum atomic E-state index is -1.10. The molecule has 1 aromatic carbocycles. The summed E-state index contributed by atoms with van der Waals surface area (Å²) in [4.78, 5) is 31.8. The Kier molecular flexibility index (Phi) is 8.86. The van der Waals surface area contributed by atoms with Crippen molar-refractivity contribution in [2.45, 2.75) is 51.8 Å². The lowest BCUT2D eigenvalue weighted by Crippen LogP contribution is -2.47. The number of amides is 2. The van der Waals surface area contributed by atoms with Crippen LogP contribution >= 0.6 is 11.6 Å². The lowest BCUT2D eigenvalue weighted by molar-refractivity contribution is 0.0689. The Labute approximate surface area is 203 Å². The summed E-state index contributed by atoms with van der Waals surface area (Å²) in [5.41, 5.74) is 1.76. The maximum Gasteiger partial charge on any atom is 0.354 e. The molecule has 4 N–H and O–H groups in total. The minimum Gasteiger partial charge on any atom is -0.490 e. The van der Waals surface area contributed by atoms with Crippen LogP contribution in [0.1, 0.15) is 49.2 Å². The van der Waals surface area contributed by atoms with Gasteiger partial charge in [0.2, 0.25) is 5.96 Å². The molecule has 2 aromatic rings. The molecule has 1 unspecified atom stereocenters. The van der Waals surface area contributed by atoms with Crippen molar-refractivity contribution in [1.82, 2.24) is 20.9 Å². The van der Waals surface area contributed by atoms with Crippen molar-refractivity contribution < 1.29 is 19.4 Å². The number of carboxylic acid groups (broad SMARTS) is 1. The molecule has 180 valence electrons. The molecule has 10 heteroatoms. The van der Waals surface area contributed by atoms with E-state index in [0.717, 1.165) is 11.3 Å². The Morgan fingerprint density at radius 3 is 2.68 bits per heavy atom. The van der Waals surface area contributed by atoms with Gasteiger partial charge in [-0.3, -0.25) is 5.32 Å². The first-order chi connectivity index (χ1) is 16.3. The van der Waals surface area contributed by atoms with Crippen molar-refractivity contribution in [1.29, 1.82) is 0 Å². The highest BCUT2D eigenvalue weighted by Gasteiger charge is 2.18. The van der Waals surface area contributed by atoms with Gasteiger partial charge in [-0.05, 0) is 50.5 Å². The number of hydrogen-bond acceptors (Lipinski definition) is 5. The molecule has 1 aliphatic carbocycles. The van der Waals surface area contributed by atoms with E-state index in [4.69, 9.17) is 21.4 Å². The highest BCUT2D eigenvalue weighted by Crippen LogP contribution is 2.24. The molecular weight excluding hydrogens is 458 g/mol. The van der Waals surface area contributed by atoms with Gasteiger partial charge in [-0.1, -0.05) is 29.8 Å². The zero-order chi connectivity index (χ0) is 24.5. The second-order valence-electron chi connectivity index (χ2n) is 8.09. The Balaban J connectivity index is 1.65. The van der Waals surface area contributed by atoms with Gasteiger partial charge in [0.1, 0.15) is 11.9 Å². The molecule has 0 spiro atoms. The normalized spacial score (nSPS) is 15.9. The summed E-state index contributed by atoms with van der Waals surface area (Å²) in [6.45, 7) is 4.22. The van der Waals surface area contributed by atoms with Crippen LogP contribution in [0.5, 0.6) is 5.75 Å². The number of allylic oxidation sites excluding steroid dienone is 1. The van der Waals surface area contributed by atoms with Crippen molar-refractivity contribution >= 4 is 29.6 Å². The number of benzene rings is 1. The number of carbonyl (C=O) groups is 2. The molecule has 0 aliphatic heterocycles. The minimum absolute atomic E-state index is 0.0147. The number of halogens is 1. The number of carbonyl (C=O) groups excluding carboxylic acids is 1. The molecule has 0 radical (unpaired) electrons. The van der Waals surface area contributed by atoms with Gasteiger partial charge in [-0.25, -0.2) is 19.6 Å². The first kappa shape index (κ1) is 25.0. The summed E-state index contributed by atoms with van der Waals surface area (Å²) in [7, 11) is 0. The summed E-state index contributed by atoms with van der Waals surface area (Å²) in [6.07, 6.45) is 5.21. The number of aromatic nitrogens is 1. The van der Waals surface area contributed by atoms with Crippen molar-refractivity contribution in [3.05, 3.63) is 70.6 Å². The molecule has 3 rings (SSSR count). The molecule has 1 atom stereocenters. The third-order valence-electron chi connectivity index (χ3n) is 4.87. The molecule has 2 amide bonds. The van der Waals surface area contributed by atoms with Gasteiger partial charge < -0.3 is 20.5 Å². The third kappa shape index (κ3) is 8.08. The van der Waals surface area contributed by atoms with Gasteiger partial charge in [0, 0.05) is 42.0 Å². The number of hydrogen-bond donors (Lipinski definition) is 4.